The third-order valence-electron chi connectivity index (χ3n) is 7.04. The van der Waals surface area contributed by atoms with Crippen LogP contribution in [0, 0.1) is 5.92 Å². The minimum Gasteiger partial charge on any atom is -0.317 e. The van der Waals surface area contributed by atoms with Gasteiger partial charge in [-0.15, -0.1) is 0 Å². The van der Waals surface area contributed by atoms with Crippen molar-refractivity contribution in [2.75, 3.05) is 33.7 Å². The molecule has 0 unspecified atom stereocenters. The van der Waals surface area contributed by atoms with E-state index in [9.17, 15) is 9.59 Å². The zero-order chi connectivity index (χ0) is 21.2. The molecule has 0 aromatic heterocycles. The zero-order valence-corrected chi connectivity index (χ0v) is 18.8. The molecule has 160 valence electrons. The SMILES string of the molecule is CCC(=O)CN1CC2(CCC(c3ccccc3)(N(C)C)CC2)N(CC(C)C)C1=O. The maximum atomic E-state index is 13.2. The molecule has 0 N–H and O–H groups in total. The van der Waals surface area contributed by atoms with Crippen molar-refractivity contribution < 1.29 is 9.59 Å². The van der Waals surface area contributed by atoms with Gasteiger partial charge in [-0.05, 0) is 51.3 Å². The number of benzene rings is 1. The van der Waals surface area contributed by atoms with E-state index in [-0.39, 0.29) is 29.4 Å². The predicted molar refractivity (Wildman–Crippen MR) is 117 cm³/mol. The van der Waals surface area contributed by atoms with Gasteiger partial charge in [0.05, 0.1) is 12.1 Å². The summed E-state index contributed by atoms with van der Waals surface area (Å²) in [4.78, 5) is 31.6. The van der Waals surface area contributed by atoms with Crippen molar-refractivity contribution in [3.05, 3.63) is 35.9 Å². The normalized spacial score (nSPS) is 27.5. The van der Waals surface area contributed by atoms with Crippen LogP contribution in [0.25, 0.3) is 0 Å². The lowest BCUT2D eigenvalue weighted by Crippen LogP contribution is -2.56. The summed E-state index contributed by atoms with van der Waals surface area (Å²) in [7, 11) is 4.34. The fourth-order valence-corrected chi connectivity index (χ4v) is 5.27. The van der Waals surface area contributed by atoms with Crippen molar-refractivity contribution in [2.24, 2.45) is 5.92 Å². The Labute approximate surface area is 176 Å². The van der Waals surface area contributed by atoms with Crippen LogP contribution in [-0.4, -0.2) is 65.8 Å². The Kier molecular flexibility index (Phi) is 6.37. The number of urea groups is 1. The average Bonchev–Trinajstić information content (AvgIpc) is 2.94. The number of carbonyl (C=O) groups excluding carboxylic acids is 2. The minimum atomic E-state index is -0.149. The van der Waals surface area contributed by atoms with Crippen molar-refractivity contribution in [1.82, 2.24) is 14.7 Å². The van der Waals surface area contributed by atoms with Gasteiger partial charge in [-0.2, -0.15) is 0 Å². The minimum absolute atomic E-state index is 0.00567. The van der Waals surface area contributed by atoms with Crippen LogP contribution in [0.3, 0.4) is 0 Å². The van der Waals surface area contributed by atoms with Crippen molar-refractivity contribution in [2.45, 2.75) is 64.0 Å². The van der Waals surface area contributed by atoms with E-state index < -0.39 is 0 Å². The quantitative estimate of drug-likeness (QED) is 0.692. The average molecular weight is 400 g/mol. The van der Waals surface area contributed by atoms with Gasteiger partial charge in [-0.3, -0.25) is 9.69 Å². The highest BCUT2D eigenvalue weighted by Gasteiger charge is 2.54. The fraction of sp³-hybridized carbons (Fsp3) is 0.667. The molecule has 1 spiro atoms. The molecule has 5 heteroatoms. The molecule has 2 fully saturated rings. The van der Waals surface area contributed by atoms with Crippen LogP contribution in [0.15, 0.2) is 30.3 Å². The van der Waals surface area contributed by atoms with Gasteiger partial charge in [-0.25, -0.2) is 4.79 Å². The van der Waals surface area contributed by atoms with Crippen LogP contribution in [-0.2, 0) is 10.3 Å². The molecule has 29 heavy (non-hydrogen) atoms. The van der Waals surface area contributed by atoms with Crippen LogP contribution in [0.5, 0.6) is 0 Å². The highest BCUT2D eigenvalue weighted by molar-refractivity contribution is 5.87. The second kappa shape index (κ2) is 8.47. The number of rotatable bonds is 7. The van der Waals surface area contributed by atoms with Crippen molar-refractivity contribution in [1.29, 1.82) is 0 Å². The Bertz CT molecular complexity index is 721. The Balaban J connectivity index is 1.87. The number of amides is 2. The van der Waals surface area contributed by atoms with E-state index in [4.69, 9.17) is 0 Å². The van der Waals surface area contributed by atoms with Gasteiger partial charge in [0.2, 0.25) is 0 Å². The molecule has 0 bridgehead atoms. The van der Waals surface area contributed by atoms with Crippen LogP contribution >= 0.6 is 0 Å². The zero-order valence-electron chi connectivity index (χ0n) is 18.8. The molecular formula is C24H37N3O2. The number of ketones is 1. The summed E-state index contributed by atoms with van der Waals surface area (Å²) >= 11 is 0. The van der Waals surface area contributed by atoms with E-state index in [1.165, 1.54) is 5.56 Å². The molecule has 2 aliphatic rings. The molecule has 0 atom stereocenters. The number of nitrogens with zero attached hydrogens (tertiary/aromatic N) is 3. The Morgan fingerprint density at radius 3 is 2.24 bits per heavy atom. The lowest BCUT2D eigenvalue weighted by Gasteiger charge is -2.51. The molecule has 1 aromatic carbocycles. The summed E-state index contributed by atoms with van der Waals surface area (Å²) in [6.07, 6.45) is 4.45. The van der Waals surface area contributed by atoms with Gasteiger partial charge >= 0.3 is 6.03 Å². The fourth-order valence-electron chi connectivity index (χ4n) is 5.27. The van der Waals surface area contributed by atoms with Gasteiger partial charge < -0.3 is 9.80 Å². The van der Waals surface area contributed by atoms with Gasteiger partial charge in [0.1, 0.15) is 0 Å². The van der Waals surface area contributed by atoms with Crippen LogP contribution < -0.4 is 0 Å². The van der Waals surface area contributed by atoms with E-state index in [0.29, 0.717) is 18.9 Å². The molecule has 0 radical (unpaired) electrons. The van der Waals surface area contributed by atoms with Gasteiger partial charge in [0.15, 0.2) is 5.78 Å². The number of hydrogen-bond acceptors (Lipinski definition) is 3. The summed E-state index contributed by atoms with van der Waals surface area (Å²) < 4.78 is 0. The van der Waals surface area contributed by atoms with Crippen molar-refractivity contribution in [3.8, 4) is 0 Å². The molecule has 1 saturated heterocycles. The predicted octanol–water partition coefficient (Wildman–Crippen LogP) is 4.13. The number of Topliss-reactive ketones (excluding diaryl/α,β-unsaturated/α-hetero) is 1. The molecule has 1 aliphatic carbocycles. The molecule has 1 aliphatic heterocycles. The first kappa shape index (κ1) is 21.8. The van der Waals surface area contributed by atoms with E-state index in [1.54, 1.807) is 4.90 Å². The van der Waals surface area contributed by atoms with Crippen LogP contribution in [0.1, 0.15) is 58.4 Å². The maximum absolute atomic E-state index is 13.2. The number of hydrogen-bond donors (Lipinski definition) is 0. The molecule has 1 aromatic rings. The second-order valence-electron chi connectivity index (χ2n) is 9.55. The molecule has 3 rings (SSSR count). The molecule has 1 saturated carbocycles. The summed E-state index contributed by atoms with van der Waals surface area (Å²) in [5.74, 6) is 0.551. The molecule has 2 amide bonds. The highest BCUT2D eigenvalue weighted by atomic mass is 16.2. The van der Waals surface area contributed by atoms with Gasteiger partial charge in [-0.1, -0.05) is 51.1 Å². The molecule has 5 nitrogen and oxygen atoms in total. The Morgan fingerprint density at radius 1 is 1.10 bits per heavy atom. The summed E-state index contributed by atoms with van der Waals surface area (Å²) in [6.45, 7) is 7.90. The first-order chi connectivity index (χ1) is 13.7. The molecular weight excluding hydrogens is 362 g/mol. The monoisotopic (exact) mass is 399 g/mol. The molecule has 1 heterocycles. The third kappa shape index (κ3) is 4.07. The summed E-state index contributed by atoms with van der Waals surface area (Å²) in [5.41, 5.74) is 1.22. The van der Waals surface area contributed by atoms with Crippen molar-refractivity contribution >= 4 is 11.8 Å². The Morgan fingerprint density at radius 2 is 1.72 bits per heavy atom. The maximum Gasteiger partial charge on any atom is 0.321 e. The lowest BCUT2D eigenvalue weighted by molar-refractivity contribution is -0.119. The standard InChI is InChI=1S/C24H37N3O2/c1-6-21(28)17-26-18-23(27(22(26)29)16-19(2)3)12-14-24(15-13-23,25(4)5)20-10-8-7-9-11-20/h7-11,19H,6,12-18H2,1-5H3. The largest absolute Gasteiger partial charge is 0.321 e. The number of carbonyl (C=O) groups is 2. The summed E-state index contributed by atoms with van der Waals surface area (Å²) in [5, 5.41) is 0. The van der Waals surface area contributed by atoms with E-state index >= 15 is 0 Å². The first-order valence-corrected chi connectivity index (χ1v) is 11.1. The van der Waals surface area contributed by atoms with Crippen LogP contribution in [0.4, 0.5) is 4.79 Å². The lowest BCUT2D eigenvalue weighted by atomic mass is 9.68. The van der Waals surface area contributed by atoms with Crippen molar-refractivity contribution in [3.63, 3.8) is 0 Å². The van der Waals surface area contributed by atoms with Crippen LogP contribution in [0.2, 0.25) is 0 Å². The topological polar surface area (TPSA) is 43.9 Å². The highest BCUT2D eigenvalue weighted by Crippen LogP contribution is 2.49. The Hall–Kier alpha value is -1.88. The van der Waals surface area contributed by atoms with E-state index in [0.717, 1.165) is 32.2 Å². The van der Waals surface area contributed by atoms with Gasteiger partial charge in [0, 0.05) is 25.0 Å². The first-order valence-electron chi connectivity index (χ1n) is 11.1. The smallest absolute Gasteiger partial charge is 0.317 e. The summed E-state index contributed by atoms with van der Waals surface area (Å²) in [6, 6.07) is 10.8. The van der Waals surface area contributed by atoms with E-state index in [1.807, 2.05) is 6.92 Å². The third-order valence-corrected chi connectivity index (χ3v) is 7.04. The van der Waals surface area contributed by atoms with Gasteiger partial charge in [0.25, 0.3) is 0 Å². The second-order valence-corrected chi connectivity index (χ2v) is 9.55. The van der Waals surface area contributed by atoms with E-state index in [2.05, 4.69) is 68.1 Å².